The monoisotopic (exact) mass is 790 g/mol. The molecular weight excluding hydrogens is 733 g/mol. The van der Waals surface area contributed by atoms with Crippen LogP contribution in [0.3, 0.4) is 0 Å². The van der Waals surface area contributed by atoms with Gasteiger partial charge in [-0.3, -0.25) is 9.59 Å². The minimum atomic E-state index is -0.928. The van der Waals surface area contributed by atoms with Crippen molar-refractivity contribution in [2.24, 2.45) is 5.92 Å². The van der Waals surface area contributed by atoms with Gasteiger partial charge in [0.05, 0.1) is 6.04 Å². The quantitative estimate of drug-likeness (QED) is 0.0915. The molecule has 1 saturated heterocycles. The molecular formula is C47H58N4O7. The number of hydrogen-bond acceptors (Lipinski definition) is 7. The summed E-state index contributed by atoms with van der Waals surface area (Å²) >= 11 is 0. The number of urea groups is 1. The third-order valence-corrected chi connectivity index (χ3v) is 10.4. The van der Waals surface area contributed by atoms with Crippen molar-refractivity contribution in [3.63, 3.8) is 0 Å². The summed E-state index contributed by atoms with van der Waals surface area (Å²) < 4.78 is 18.4. The van der Waals surface area contributed by atoms with Crippen molar-refractivity contribution in [1.29, 1.82) is 0 Å². The van der Waals surface area contributed by atoms with Crippen molar-refractivity contribution >= 4 is 23.8 Å². The number of hydrogen-bond donors (Lipinski definition) is 3. The molecule has 1 aliphatic rings. The van der Waals surface area contributed by atoms with Crippen molar-refractivity contribution in [3.05, 3.63) is 130 Å². The van der Waals surface area contributed by atoms with E-state index in [-0.39, 0.29) is 37.5 Å². The maximum atomic E-state index is 14.3. The highest BCUT2D eigenvalue weighted by molar-refractivity contribution is 5.88. The lowest BCUT2D eigenvalue weighted by Gasteiger charge is -2.37. The van der Waals surface area contributed by atoms with Crippen LogP contribution in [0.25, 0.3) is 0 Å². The van der Waals surface area contributed by atoms with Crippen LogP contribution in [0.2, 0.25) is 0 Å². The lowest BCUT2D eigenvalue weighted by atomic mass is 9.92. The first-order valence-corrected chi connectivity index (χ1v) is 20.2. The number of nitrogens with zero attached hydrogens (tertiary/aromatic N) is 1. The Morgan fingerprint density at radius 2 is 1.24 bits per heavy atom. The number of benzene rings is 4. The van der Waals surface area contributed by atoms with Gasteiger partial charge in [0.1, 0.15) is 23.6 Å². The molecule has 0 radical (unpaired) electrons. The van der Waals surface area contributed by atoms with Gasteiger partial charge < -0.3 is 35.1 Å². The van der Waals surface area contributed by atoms with Gasteiger partial charge in [-0.1, -0.05) is 111 Å². The Balaban J connectivity index is 1.47. The van der Waals surface area contributed by atoms with Crippen LogP contribution in [0.15, 0.2) is 97.1 Å². The molecule has 1 aliphatic heterocycles. The predicted octanol–water partition coefficient (Wildman–Crippen LogP) is 6.57. The maximum absolute atomic E-state index is 14.3. The number of esters is 1. The van der Waals surface area contributed by atoms with Gasteiger partial charge in [0, 0.05) is 25.6 Å². The average Bonchev–Trinajstić information content (AvgIpc) is 3.18. The molecule has 4 amide bonds. The number of carbonyl (C=O) groups excluding carboxylic acids is 4. The van der Waals surface area contributed by atoms with Gasteiger partial charge in [0.15, 0.2) is 13.2 Å². The van der Waals surface area contributed by atoms with Crippen LogP contribution in [0.5, 0.6) is 11.5 Å². The average molecular weight is 791 g/mol. The minimum Gasteiger partial charge on any atom is -0.483 e. The highest BCUT2D eigenvalue weighted by Crippen LogP contribution is 2.25. The molecule has 0 bridgehead atoms. The van der Waals surface area contributed by atoms with Crippen molar-refractivity contribution in [2.45, 2.75) is 91.5 Å². The molecule has 0 spiro atoms. The van der Waals surface area contributed by atoms with E-state index < -0.39 is 36.1 Å². The molecule has 1 fully saturated rings. The van der Waals surface area contributed by atoms with Gasteiger partial charge in [-0.15, -0.1) is 0 Å². The van der Waals surface area contributed by atoms with Crippen molar-refractivity contribution in [1.82, 2.24) is 20.9 Å². The summed E-state index contributed by atoms with van der Waals surface area (Å²) in [5.41, 5.74) is 5.45. The summed E-state index contributed by atoms with van der Waals surface area (Å²) in [6.07, 6.45) is 0.662. The van der Waals surface area contributed by atoms with E-state index in [0.29, 0.717) is 37.4 Å². The zero-order valence-corrected chi connectivity index (χ0v) is 34.6. The summed E-state index contributed by atoms with van der Waals surface area (Å²) in [5, 5.41) is 9.26. The normalized spacial score (nSPS) is 14.7. The first-order chi connectivity index (χ1) is 27.9. The van der Waals surface area contributed by atoms with E-state index in [1.54, 1.807) is 4.90 Å². The Kier molecular flexibility index (Phi) is 15.7. The van der Waals surface area contributed by atoms with Crippen LogP contribution < -0.4 is 25.4 Å². The molecule has 4 aromatic carbocycles. The third kappa shape index (κ3) is 12.3. The highest BCUT2D eigenvalue weighted by atomic mass is 16.6. The molecule has 11 nitrogen and oxygen atoms in total. The van der Waals surface area contributed by atoms with Gasteiger partial charge in [0.25, 0.3) is 5.91 Å². The number of ether oxygens (including phenoxy) is 3. The summed E-state index contributed by atoms with van der Waals surface area (Å²) in [4.78, 5) is 56.6. The predicted molar refractivity (Wildman–Crippen MR) is 225 cm³/mol. The molecule has 58 heavy (non-hydrogen) atoms. The fraction of sp³-hybridized carbons (Fsp3) is 0.404. The number of rotatable bonds is 19. The molecule has 4 unspecified atom stereocenters. The summed E-state index contributed by atoms with van der Waals surface area (Å²) in [7, 11) is 0. The highest BCUT2D eigenvalue weighted by Gasteiger charge is 2.37. The first kappa shape index (κ1) is 43.3. The maximum Gasteiger partial charge on any atom is 0.344 e. The Hall–Kier alpha value is -5.84. The molecule has 0 aromatic heterocycles. The van der Waals surface area contributed by atoms with E-state index >= 15 is 0 Å². The molecule has 0 saturated carbocycles. The van der Waals surface area contributed by atoms with E-state index in [2.05, 4.69) is 16.0 Å². The number of carbonyl (C=O) groups is 4. The SMILES string of the molecule is Cc1cccc(C)c1OCC(=O)NC(Cc1ccccc1)C(CC(Cc1ccccc1)NC(=O)C(C(C)C)N1CCCNC1=O)OC(=O)COc1c(C)cccc1C. The first-order valence-electron chi connectivity index (χ1n) is 20.2. The van der Waals surface area contributed by atoms with Crippen LogP contribution in [-0.4, -0.2) is 79.2 Å². The second-order valence-corrected chi connectivity index (χ2v) is 15.5. The summed E-state index contributed by atoms with van der Waals surface area (Å²) in [6.45, 7) is 11.9. The molecule has 5 rings (SSSR count). The van der Waals surface area contributed by atoms with Crippen LogP contribution in [0.1, 0.15) is 60.1 Å². The Morgan fingerprint density at radius 1 is 0.707 bits per heavy atom. The van der Waals surface area contributed by atoms with Gasteiger partial charge >= 0.3 is 12.0 Å². The fourth-order valence-corrected chi connectivity index (χ4v) is 7.59. The number of para-hydroxylation sites is 2. The molecule has 0 aliphatic carbocycles. The van der Waals surface area contributed by atoms with E-state index in [1.807, 2.05) is 139 Å². The largest absolute Gasteiger partial charge is 0.483 e. The smallest absolute Gasteiger partial charge is 0.344 e. The van der Waals surface area contributed by atoms with Crippen LogP contribution >= 0.6 is 0 Å². The fourth-order valence-electron chi connectivity index (χ4n) is 7.59. The van der Waals surface area contributed by atoms with Gasteiger partial charge in [0.2, 0.25) is 5.91 Å². The number of nitrogens with one attached hydrogen (secondary N) is 3. The number of aryl methyl sites for hydroxylation is 4. The Bertz CT molecular complexity index is 1950. The molecule has 11 heteroatoms. The Morgan fingerprint density at radius 3 is 1.78 bits per heavy atom. The van der Waals surface area contributed by atoms with E-state index in [9.17, 15) is 19.2 Å². The lowest BCUT2D eigenvalue weighted by Crippen LogP contribution is -2.59. The van der Waals surface area contributed by atoms with E-state index in [0.717, 1.165) is 39.8 Å². The van der Waals surface area contributed by atoms with E-state index in [1.165, 1.54) is 0 Å². The molecule has 1 heterocycles. The number of amides is 4. The molecule has 3 N–H and O–H groups in total. The minimum absolute atomic E-state index is 0.141. The van der Waals surface area contributed by atoms with Crippen LogP contribution in [-0.2, 0) is 32.0 Å². The second-order valence-electron chi connectivity index (χ2n) is 15.5. The van der Waals surface area contributed by atoms with Gasteiger partial charge in [-0.25, -0.2) is 9.59 Å². The summed E-state index contributed by atoms with van der Waals surface area (Å²) in [6, 6.07) is 28.6. The molecule has 4 aromatic rings. The third-order valence-electron chi connectivity index (χ3n) is 10.4. The van der Waals surface area contributed by atoms with Crippen molar-refractivity contribution < 1.29 is 33.4 Å². The standard InChI is InChI=1S/C47H58N4O7/c1-31(2)43(51-25-15-24-48-47(51)55)46(54)49-38(26-36-20-9-7-10-21-36)28-40(58-42(53)30-57-45-34(5)18-14-19-35(45)6)39(27-37-22-11-8-12-23-37)50-41(52)29-56-44-32(3)16-13-17-33(44)4/h7-14,16-23,31,38-40,43H,15,24-30H2,1-6H3,(H,48,55)(H,49,54)(H,50,52). The molecule has 308 valence electrons. The zero-order valence-electron chi connectivity index (χ0n) is 34.6. The van der Waals surface area contributed by atoms with Crippen LogP contribution in [0.4, 0.5) is 4.79 Å². The topological polar surface area (TPSA) is 135 Å². The Labute approximate surface area is 342 Å². The van der Waals surface area contributed by atoms with E-state index in [4.69, 9.17) is 14.2 Å². The van der Waals surface area contributed by atoms with Gasteiger partial charge in [-0.05, 0) is 86.3 Å². The zero-order chi connectivity index (χ0) is 41.6. The summed E-state index contributed by atoms with van der Waals surface area (Å²) in [5.74, 6) is -0.264. The van der Waals surface area contributed by atoms with Crippen LogP contribution in [0, 0.1) is 33.6 Å². The molecule has 4 atom stereocenters. The van der Waals surface area contributed by atoms with Crippen molar-refractivity contribution in [3.8, 4) is 11.5 Å². The second kappa shape index (κ2) is 21.1. The van der Waals surface area contributed by atoms with Crippen molar-refractivity contribution in [2.75, 3.05) is 26.3 Å². The lowest BCUT2D eigenvalue weighted by molar-refractivity contribution is -0.154. The van der Waals surface area contributed by atoms with Gasteiger partial charge in [-0.2, -0.15) is 0 Å².